The molecule has 2 fully saturated rings. The molecule has 1 unspecified atom stereocenters. The Morgan fingerprint density at radius 1 is 1.39 bits per heavy atom. The molecule has 5 heteroatoms. The second kappa shape index (κ2) is 4.88. The molecule has 0 spiro atoms. The van der Waals surface area contributed by atoms with Crippen LogP contribution in [-0.2, 0) is 14.3 Å². The van der Waals surface area contributed by atoms with Crippen LogP contribution in [0.25, 0.3) is 0 Å². The van der Waals surface area contributed by atoms with E-state index in [1.165, 1.54) is 0 Å². The number of rotatable bonds is 4. The highest BCUT2D eigenvalue weighted by atomic mass is 16.5. The minimum Gasteiger partial charge on any atom is -0.377 e. The Labute approximate surface area is 108 Å². The topological polar surface area (TPSA) is 58.6 Å². The third kappa shape index (κ3) is 3.02. The molecule has 0 aromatic heterocycles. The second-order valence-electron chi connectivity index (χ2n) is 5.86. The predicted molar refractivity (Wildman–Crippen MR) is 66.9 cm³/mol. The maximum atomic E-state index is 12.4. The molecular weight excluding hydrogens is 232 g/mol. The number of nitrogens with one attached hydrogen (secondary N) is 1. The van der Waals surface area contributed by atoms with Crippen molar-refractivity contribution in [1.29, 1.82) is 0 Å². The highest BCUT2D eigenvalue weighted by molar-refractivity contribution is 5.90. The number of carbonyl (C=O) groups excluding carboxylic acids is 2. The third-order valence-electron chi connectivity index (χ3n) is 3.72. The summed E-state index contributed by atoms with van der Waals surface area (Å²) in [6.45, 7) is 4.92. The second-order valence-corrected chi connectivity index (χ2v) is 5.86. The van der Waals surface area contributed by atoms with Crippen LogP contribution in [-0.4, -0.2) is 48.6 Å². The molecule has 1 saturated heterocycles. The van der Waals surface area contributed by atoms with Crippen molar-refractivity contribution in [2.24, 2.45) is 5.92 Å². The molecule has 0 aromatic rings. The number of methoxy groups -OCH3 is 1. The predicted octanol–water partition coefficient (Wildman–Crippen LogP) is 0.538. The van der Waals surface area contributed by atoms with Crippen LogP contribution in [0.2, 0.25) is 0 Å². The van der Waals surface area contributed by atoms with Crippen LogP contribution in [0.5, 0.6) is 0 Å². The van der Waals surface area contributed by atoms with Crippen LogP contribution in [0.15, 0.2) is 0 Å². The molecule has 1 heterocycles. The fraction of sp³-hybridized carbons (Fsp3) is 0.846. The molecule has 1 atom stereocenters. The molecular formula is C13H22N2O3. The molecule has 1 aliphatic heterocycles. The normalized spacial score (nSPS) is 25.9. The minimum absolute atomic E-state index is 0.0158. The van der Waals surface area contributed by atoms with Gasteiger partial charge in [-0.3, -0.25) is 9.59 Å². The van der Waals surface area contributed by atoms with Crippen LogP contribution in [0.1, 0.15) is 33.1 Å². The van der Waals surface area contributed by atoms with Crippen molar-refractivity contribution in [3.8, 4) is 0 Å². The zero-order valence-electron chi connectivity index (χ0n) is 11.4. The number of hydrogen-bond acceptors (Lipinski definition) is 3. The van der Waals surface area contributed by atoms with Gasteiger partial charge in [-0.2, -0.15) is 0 Å². The van der Waals surface area contributed by atoms with Crippen molar-refractivity contribution >= 4 is 11.8 Å². The van der Waals surface area contributed by atoms with Crippen LogP contribution in [0.3, 0.4) is 0 Å². The zero-order valence-corrected chi connectivity index (χ0v) is 11.4. The molecule has 2 rings (SSSR count). The summed E-state index contributed by atoms with van der Waals surface area (Å²) in [5.74, 6) is 0.374. The SMILES string of the molecule is COC(C)(C)CN1CCC(=O)NC(C2CC2)C1=O. The van der Waals surface area contributed by atoms with E-state index in [0.29, 0.717) is 25.4 Å². The highest BCUT2D eigenvalue weighted by Gasteiger charge is 2.41. The van der Waals surface area contributed by atoms with Gasteiger partial charge in [0, 0.05) is 26.6 Å². The van der Waals surface area contributed by atoms with Crippen LogP contribution in [0.4, 0.5) is 0 Å². The first-order valence-corrected chi connectivity index (χ1v) is 6.56. The van der Waals surface area contributed by atoms with Gasteiger partial charge in [-0.05, 0) is 32.6 Å². The number of carbonyl (C=O) groups is 2. The monoisotopic (exact) mass is 254 g/mol. The Morgan fingerprint density at radius 3 is 2.61 bits per heavy atom. The maximum Gasteiger partial charge on any atom is 0.245 e. The summed E-state index contributed by atoms with van der Waals surface area (Å²) in [4.78, 5) is 25.8. The zero-order chi connectivity index (χ0) is 13.3. The van der Waals surface area contributed by atoms with Gasteiger partial charge in [0.2, 0.25) is 11.8 Å². The molecule has 1 aliphatic carbocycles. The lowest BCUT2D eigenvalue weighted by atomic mass is 10.1. The Hall–Kier alpha value is -1.10. The van der Waals surface area contributed by atoms with Crippen molar-refractivity contribution in [3.63, 3.8) is 0 Å². The molecule has 18 heavy (non-hydrogen) atoms. The van der Waals surface area contributed by atoms with E-state index in [9.17, 15) is 9.59 Å². The quantitative estimate of drug-likeness (QED) is 0.796. The summed E-state index contributed by atoms with van der Waals surface area (Å²) < 4.78 is 5.37. The maximum absolute atomic E-state index is 12.4. The molecule has 0 radical (unpaired) electrons. The van der Waals surface area contributed by atoms with Crippen molar-refractivity contribution < 1.29 is 14.3 Å². The average Bonchev–Trinajstić information content (AvgIpc) is 3.14. The van der Waals surface area contributed by atoms with E-state index in [1.807, 2.05) is 13.8 Å². The fourth-order valence-corrected chi connectivity index (χ4v) is 2.28. The van der Waals surface area contributed by atoms with Gasteiger partial charge in [-0.15, -0.1) is 0 Å². The molecule has 2 aliphatic rings. The lowest BCUT2D eigenvalue weighted by Gasteiger charge is -2.32. The minimum atomic E-state index is -0.378. The van der Waals surface area contributed by atoms with Gasteiger partial charge in [0.05, 0.1) is 5.60 Å². The Bertz CT molecular complexity index is 350. The van der Waals surface area contributed by atoms with E-state index in [-0.39, 0.29) is 23.5 Å². The summed E-state index contributed by atoms with van der Waals surface area (Å²) in [6.07, 6.45) is 2.46. The molecule has 0 bridgehead atoms. The van der Waals surface area contributed by atoms with Gasteiger partial charge in [0.25, 0.3) is 0 Å². The Morgan fingerprint density at radius 2 is 2.06 bits per heavy atom. The summed E-state index contributed by atoms with van der Waals surface area (Å²) >= 11 is 0. The van der Waals surface area contributed by atoms with Gasteiger partial charge >= 0.3 is 0 Å². The Balaban J connectivity index is 2.08. The molecule has 0 aromatic carbocycles. The smallest absolute Gasteiger partial charge is 0.245 e. The van der Waals surface area contributed by atoms with Gasteiger partial charge in [0.15, 0.2) is 0 Å². The molecule has 1 saturated carbocycles. The third-order valence-corrected chi connectivity index (χ3v) is 3.72. The lowest BCUT2D eigenvalue weighted by Crippen LogP contribution is -2.50. The van der Waals surface area contributed by atoms with Crippen LogP contribution in [0, 0.1) is 5.92 Å². The molecule has 102 valence electrons. The van der Waals surface area contributed by atoms with Crippen molar-refractivity contribution in [3.05, 3.63) is 0 Å². The Kier molecular flexibility index (Phi) is 3.61. The van der Waals surface area contributed by atoms with E-state index >= 15 is 0 Å². The first-order valence-electron chi connectivity index (χ1n) is 6.56. The molecule has 5 nitrogen and oxygen atoms in total. The van der Waals surface area contributed by atoms with E-state index in [4.69, 9.17) is 4.74 Å². The van der Waals surface area contributed by atoms with Gasteiger partial charge in [-0.1, -0.05) is 0 Å². The summed E-state index contributed by atoms with van der Waals surface area (Å²) in [7, 11) is 1.64. The first kappa shape index (κ1) is 13.3. The van der Waals surface area contributed by atoms with Crippen molar-refractivity contribution in [1.82, 2.24) is 10.2 Å². The van der Waals surface area contributed by atoms with E-state index in [0.717, 1.165) is 12.8 Å². The van der Waals surface area contributed by atoms with Gasteiger partial charge in [0.1, 0.15) is 6.04 Å². The summed E-state index contributed by atoms with van der Waals surface area (Å²) in [6, 6.07) is -0.312. The largest absolute Gasteiger partial charge is 0.377 e. The van der Waals surface area contributed by atoms with Crippen molar-refractivity contribution in [2.45, 2.75) is 44.8 Å². The van der Waals surface area contributed by atoms with E-state index in [1.54, 1.807) is 12.0 Å². The number of ether oxygens (including phenoxy) is 1. The average molecular weight is 254 g/mol. The number of nitrogens with zero attached hydrogens (tertiary/aromatic N) is 1. The molecule has 2 amide bonds. The van der Waals surface area contributed by atoms with Crippen molar-refractivity contribution in [2.75, 3.05) is 20.2 Å². The van der Waals surface area contributed by atoms with Crippen LogP contribution >= 0.6 is 0 Å². The standard InChI is InChI=1S/C13H22N2O3/c1-13(2,18-3)8-15-7-6-10(16)14-11(12(15)17)9-4-5-9/h9,11H,4-8H2,1-3H3,(H,14,16). The number of hydrogen-bond donors (Lipinski definition) is 1. The van der Waals surface area contributed by atoms with Gasteiger partial charge in [-0.25, -0.2) is 0 Å². The summed E-state index contributed by atoms with van der Waals surface area (Å²) in [5.41, 5.74) is -0.378. The summed E-state index contributed by atoms with van der Waals surface area (Å²) in [5, 5.41) is 2.85. The number of amides is 2. The fourth-order valence-electron chi connectivity index (χ4n) is 2.28. The molecule has 1 N–H and O–H groups in total. The van der Waals surface area contributed by atoms with Gasteiger partial charge < -0.3 is 15.0 Å². The lowest BCUT2D eigenvalue weighted by molar-refractivity contribution is -0.137. The first-order chi connectivity index (χ1) is 8.43. The van der Waals surface area contributed by atoms with Crippen LogP contribution < -0.4 is 5.32 Å². The van der Waals surface area contributed by atoms with E-state index in [2.05, 4.69) is 5.32 Å². The van der Waals surface area contributed by atoms with E-state index < -0.39 is 0 Å². The highest BCUT2D eigenvalue weighted by Crippen LogP contribution is 2.34.